The molecule has 1 N–H and O–H groups in total. The maximum atomic E-state index is 5.87. The summed E-state index contributed by atoms with van der Waals surface area (Å²) in [5.41, 5.74) is 4.52. The van der Waals surface area contributed by atoms with E-state index in [4.69, 9.17) is 16.4 Å². The number of hydroxylamine groups is 1. The Hall–Kier alpha value is -0.570. The second-order valence-electron chi connectivity index (χ2n) is 5.24. The van der Waals surface area contributed by atoms with Crippen molar-refractivity contribution in [3.8, 4) is 0 Å². The number of halogens is 1. The molecule has 0 aliphatic heterocycles. The third kappa shape index (κ3) is 3.70. The lowest BCUT2D eigenvalue weighted by molar-refractivity contribution is -0.0212. The molecule has 0 bridgehead atoms. The van der Waals surface area contributed by atoms with Crippen LogP contribution in [0.25, 0.3) is 0 Å². The van der Waals surface area contributed by atoms with Crippen LogP contribution in [0.15, 0.2) is 24.3 Å². The van der Waals surface area contributed by atoms with Crippen molar-refractivity contribution in [2.75, 3.05) is 6.61 Å². The highest BCUT2D eigenvalue weighted by Crippen LogP contribution is 2.37. The maximum Gasteiger partial charge on any atom is 0.0705 e. The monoisotopic (exact) mass is 253 g/mol. The fourth-order valence-electron chi connectivity index (χ4n) is 2.05. The normalized spacial score (nSPS) is 23.8. The number of benzene rings is 1. The molecule has 1 fully saturated rings. The maximum absolute atomic E-state index is 5.87. The van der Waals surface area contributed by atoms with Gasteiger partial charge in [0.15, 0.2) is 0 Å². The molecule has 1 saturated carbocycles. The zero-order chi connectivity index (χ0) is 12.3. The molecule has 3 heteroatoms. The Morgan fingerprint density at radius 1 is 1.29 bits per heavy atom. The number of nitrogens with one attached hydrogen (secondary N) is 1. The molecule has 0 amide bonds. The highest BCUT2D eigenvalue weighted by molar-refractivity contribution is 6.30. The number of hydrogen-bond donors (Lipinski definition) is 1. The molecular weight excluding hydrogens is 234 g/mol. The smallest absolute Gasteiger partial charge is 0.0705 e. The van der Waals surface area contributed by atoms with Crippen LogP contribution in [0.5, 0.6) is 0 Å². The third-order valence-electron chi connectivity index (χ3n) is 3.15. The molecule has 2 nitrogen and oxygen atoms in total. The summed E-state index contributed by atoms with van der Waals surface area (Å²) in [7, 11) is 0. The first-order valence-electron chi connectivity index (χ1n) is 6.28. The lowest BCUT2D eigenvalue weighted by Gasteiger charge is -2.36. The first-order valence-corrected chi connectivity index (χ1v) is 6.65. The van der Waals surface area contributed by atoms with Gasteiger partial charge in [0, 0.05) is 11.1 Å². The Kier molecular flexibility index (Phi) is 4.43. The molecule has 2 rings (SSSR count). The third-order valence-corrected chi connectivity index (χ3v) is 3.40. The quantitative estimate of drug-likeness (QED) is 0.807. The molecule has 1 aromatic carbocycles. The van der Waals surface area contributed by atoms with Crippen molar-refractivity contribution in [2.45, 2.75) is 38.6 Å². The summed E-state index contributed by atoms with van der Waals surface area (Å²) in [5, 5.41) is 0.808. The van der Waals surface area contributed by atoms with Crippen LogP contribution in [-0.4, -0.2) is 12.6 Å². The highest BCUT2D eigenvalue weighted by atomic mass is 35.5. The van der Waals surface area contributed by atoms with Gasteiger partial charge in [-0.05, 0) is 42.4 Å². The van der Waals surface area contributed by atoms with Crippen LogP contribution in [0.1, 0.15) is 38.2 Å². The minimum absolute atomic E-state index is 0.509. The summed E-state index contributed by atoms with van der Waals surface area (Å²) >= 11 is 5.87. The van der Waals surface area contributed by atoms with E-state index in [-0.39, 0.29) is 0 Å². The molecule has 17 heavy (non-hydrogen) atoms. The second kappa shape index (κ2) is 5.85. The van der Waals surface area contributed by atoms with Crippen molar-refractivity contribution in [3.05, 3.63) is 34.9 Å². The fraction of sp³-hybridized carbons (Fsp3) is 0.571. The van der Waals surface area contributed by atoms with Gasteiger partial charge in [-0.3, -0.25) is 0 Å². The lowest BCUT2D eigenvalue weighted by atomic mass is 9.76. The predicted octanol–water partition coefficient (Wildman–Crippen LogP) is 3.76. The van der Waals surface area contributed by atoms with Crippen LogP contribution in [-0.2, 0) is 4.84 Å². The van der Waals surface area contributed by atoms with E-state index in [0.29, 0.717) is 17.9 Å². The second-order valence-corrected chi connectivity index (χ2v) is 5.68. The fourth-order valence-corrected chi connectivity index (χ4v) is 2.18. The number of rotatable bonds is 5. The van der Waals surface area contributed by atoms with Crippen LogP contribution in [0.4, 0.5) is 0 Å². The molecule has 94 valence electrons. The topological polar surface area (TPSA) is 21.3 Å². The van der Waals surface area contributed by atoms with Crippen LogP contribution < -0.4 is 5.48 Å². The molecule has 0 heterocycles. The summed E-state index contributed by atoms with van der Waals surface area (Å²) in [4.78, 5) is 5.43. The summed E-state index contributed by atoms with van der Waals surface area (Å²) < 4.78 is 0. The average Bonchev–Trinajstić information content (AvgIpc) is 2.23. The largest absolute Gasteiger partial charge is 0.301 e. The zero-order valence-corrected chi connectivity index (χ0v) is 11.2. The van der Waals surface area contributed by atoms with Crippen LogP contribution in [0, 0.1) is 5.92 Å². The molecule has 1 aromatic rings. The van der Waals surface area contributed by atoms with Crippen molar-refractivity contribution in [1.82, 2.24) is 5.48 Å². The van der Waals surface area contributed by atoms with E-state index in [1.54, 1.807) is 0 Å². The van der Waals surface area contributed by atoms with E-state index in [9.17, 15) is 0 Å². The van der Waals surface area contributed by atoms with Crippen molar-refractivity contribution >= 4 is 11.6 Å². The van der Waals surface area contributed by atoms with Crippen molar-refractivity contribution < 1.29 is 4.84 Å². The van der Waals surface area contributed by atoms with Gasteiger partial charge in [0.1, 0.15) is 0 Å². The molecule has 0 spiro atoms. The van der Waals surface area contributed by atoms with E-state index in [1.165, 1.54) is 5.56 Å². The Balaban J connectivity index is 1.70. The van der Waals surface area contributed by atoms with E-state index < -0.39 is 0 Å². The van der Waals surface area contributed by atoms with Gasteiger partial charge in [0.2, 0.25) is 0 Å². The average molecular weight is 254 g/mol. The first kappa shape index (κ1) is 12.9. The van der Waals surface area contributed by atoms with Gasteiger partial charge in [-0.15, -0.1) is 0 Å². The standard InChI is InChI=1S/C14H20ClNO/c1-10(2)9-17-16-14-7-12(8-14)11-3-5-13(15)6-4-11/h3-6,10,12,14,16H,7-9H2,1-2H3. The Labute approximate surface area is 108 Å². The van der Waals surface area contributed by atoms with Gasteiger partial charge in [-0.1, -0.05) is 37.6 Å². The van der Waals surface area contributed by atoms with Gasteiger partial charge in [-0.2, -0.15) is 5.48 Å². The Bertz CT molecular complexity index is 344. The molecule has 1 aliphatic rings. The number of hydrogen-bond acceptors (Lipinski definition) is 2. The molecular formula is C14H20ClNO. The van der Waals surface area contributed by atoms with E-state index in [1.807, 2.05) is 12.1 Å². The lowest BCUT2D eigenvalue weighted by Crippen LogP contribution is -2.40. The summed E-state index contributed by atoms with van der Waals surface area (Å²) in [6.07, 6.45) is 2.31. The van der Waals surface area contributed by atoms with Crippen LogP contribution >= 0.6 is 11.6 Å². The minimum atomic E-state index is 0.509. The predicted molar refractivity (Wildman–Crippen MR) is 71.1 cm³/mol. The molecule has 0 radical (unpaired) electrons. The SMILES string of the molecule is CC(C)CONC1CC(c2ccc(Cl)cc2)C1. The molecule has 0 unspecified atom stereocenters. The van der Waals surface area contributed by atoms with Crippen molar-refractivity contribution in [1.29, 1.82) is 0 Å². The molecule has 1 aliphatic carbocycles. The van der Waals surface area contributed by atoms with Crippen LogP contribution in [0.3, 0.4) is 0 Å². The van der Waals surface area contributed by atoms with E-state index in [2.05, 4.69) is 31.5 Å². The van der Waals surface area contributed by atoms with Gasteiger partial charge in [0.25, 0.3) is 0 Å². The summed E-state index contributed by atoms with van der Waals surface area (Å²) in [6.45, 7) is 5.08. The Morgan fingerprint density at radius 2 is 1.94 bits per heavy atom. The van der Waals surface area contributed by atoms with E-state index >= 15 is 0 Å². The van der Waals surface area contributed by atoms with Crippen molar-refractivity contribution in [3.63, 3.8) is 0 Å². The van der Waals surface area contributed by atoms with Gasteiger partial charge >= 0.3 is 0 Å². The molecule has 0 atom stereocenters. The van der Waals surface area contributed by atoms with Crippen LogP contribution in [0.2, 0.25) is 5.02 Å². The van der Waals surface area contributed by atoms with Gasteiger partial charge in [0.05, 0.1) is 6.61 Å². The molecule has 0 aromatic heterocycles. The highest BCUT2D eigenvalue weighted by Gasteiger charge is 2.30. The minimum Gasteiger partial charge on any atom is -0.301 e. The molecule has 0 saturated heterocycles. The van der Waals surface area contributed by atoms with E-state index in [0.717, 1.165) is 24.5 Å². The summed E-state index contributed by atoms with van der Waals surface area (Å²) in [5.74, 6) is 1.24. The summed E-state index contributed by atoms with van der Waals surface area (Å²) in [6, 6.07) is 8.69. The zero-order valence-electron chi connectivity index (χ0n) is 10.4. The van der Waals surface area contributed by atoms with Gasteiger partial charge < -0.3 is 4.84 Å². The first-order chi connectivity index (χ1) is 8.15. The van der Waals surface area contributed by atoms with Gasteiger partial charge in [-0.25, -0.2) is 0 Å². The van der Waals surface area contributed by atoms with Crippen molar-refractivity contribution in [2.24, 2.45) is 5.92 Å². The Morgan fingerprint density at radius 3 is 2.53 bits per heavy atom.